The second-order valence-corrected chi connectivity index (χ2v) is 10.1. The quantitative estimate of drug-likeness (QED) is 0.585. The van der Waals surface area contributed by atoms with Gasteiger partial charge in [0.05, 0.1) is 6.04 Å². The molecule has 0 aromatic heterocycles. The summed E-state index contributed by atoms with van der Waals surface area (Å²) in [6.07, 6.45) is -0.179. The van der Waals surface area contributed by atoms with E-state index in [1.165, 1.54) is 49.1 Å². The number of alkyl halides is 3. The summed E-state index contributed by atoms with van der Waals surface area (Å²) in [5.74, 6) is -1.99. The predicted octanol–water partition coefficient (Wildman–Crippen LogP) is 4.00. The fraction of sp³-hybridized carbons (Fsp3) is 0.435. The van der Waals surface area contributed by atoms with E-state index in [4.69, 9.17) is 0 Å². The van der Waals surface area contributed by atoms with Gasteiger partial charge in [-0.1, -0.05) is 24.3 Å². The third-order valence-electron chi connectivity index (χ3n) is 5.66. The van der Waals surface area contributed by atoms with Gasteiger partial charge in [0.1, 0.15) is 17.2 Å². The molecule has 3 rings (SSSR count). The first-order valence-corrected chi connectivity index (χ1v) is 11.7. The van der Waals surface area contributed by atoms with Gasteiger partial charge in [0, 0.05) is 18.2 Å². The van der Waals surface area contributed by atoms with Crippen molar-refractivity contribution in [3.8, 4) is 11.1 Å². The van der Waals surface area contributed by atoms with Gasteiger partial charge in [-0.05, 0) is 62.4 Å². The fourth-order valence-corrected chi connectivity index (χ4v) is 4.81. The molecule has 0 aliphatic carbocycles. The molecule has 1 aliphatic heterocycles. The van der Waals surface area contributed by atoms with Crippen LogP contribution in [0.2, 0.25) is 0 Å². The lowest BCUT2D eigenvalue weighted by atomic mass is 9.95. The summed E-state index contributed by atoms with van der Waals surface area (Å²) in [6.45, 7) is 4.14. The molecule has 2 aromatic rings. The molecule has 186 valence electrons. The van der Waals surface area contributed by atoms with Crippen molar-refractivity contribution in [2.24, 2.45) is 0 Å². The summed E-state index contributed by atoms with van der Waals surface area (Å²) in [4.78, 5) is 13.9. The molecule has 0 bridgehead atoms. The van der Waals surface area contributed by atoms with Crippen molar-refractivity contribution in [2.45, 2.75) is 56.8 Å². The zero-order valence-electron chi connectivity index (χ0n) is 18.7. The van der Waals surface area contributed by atoms with E-state index < -0.39 is 51.7 Å². The number of nitrogens with one attached hydrogen (secondary N) is 1. The molecule has 0 saturated carbocycles. The van der Waals surface area contributed by atoms with Crippen molar-refractivity contribution in [1.29, 1.82) is 0 Å². The Bertz CT molecular complexity index is 1080. The number of likely N-dealkylation sites (tertiary alicyclic amines) is 1. The lowest BCUT2D eigenvalue weighted by Crippen LogP contribution is -2.53. The molecule has 3 atom stereocenters. The number of hydrogen-bond donors (Lipinski definition) is 2. The number of nitrogens with zero attached hydrogens (tertiary/aromatic N) is 1. The van der Waals surface area contributed by atoms with E-state index in [9.17, 15) is 31.7 Å². The van der Waals surface area contributed by atoms with Gasteiger partial charge in [-0.25, -0.2) is 17.7 Å². The van der Waals surface area contributed by atoms with E-state index in [1.807, 2.05) is 4.72 Å². The van der Waals surface area contributed by atoms with Crippen LogP contribution in [0, 0.1) is 18.6 Å². The zero-order valence-corrected chi connectivity index (χ0v) is 19.6. The molecule has 2 aromatic carbocycles. The molecule has 0 spiro atoms. The van der Waals surface area contributed by atoms with Crippen LogP contribution in [0.25, 0.3) is 11.1 Å². The summed E-state index contributed by atoms with van der Waals surface area (Å²) in [7, 11) is -3.39. The van der Waals surface area contributed by atoms with E-state index in [-0.39, 0.29) is 30.5 Å². The van der Waals surface area contributed by atoms with E-state index in [0.29, 0.717) is 11.1 Å². The Morgan fingerprint density at radius 1 is 1.21 bits per heavy atom. The van der Waals surface area contributed by atoms with Crippen LogP contribution in [0.4, 0.5) is 22.0 Å². The van der Waals surface area contributed by atoms with Gasteiger partial charge >= 0.3 is 5.51 Å². The van der Waals surface area contributed by atoms with Crippen LogP contribution < -0.4 is 4.72 Å². The normalized spacial score (nSPS) is 20.0. The predicted molar refractivity (Wildman–Crippen MR) is 118 cm³/mol. The largest absolute Gasteiger partial charge is 0.485 e. The maximum Gasteiger partial charge on any atom is 0.485 e. The molecule has 0 radical (unpaired) electrons. The van der Waals surface area contributed by atoms with Gasteiger partial charge in [-0.2, -0.15) is 13.2 Å². The Balaban J connectivity index is 1.98. The Labute approximate surface area is 196 Å². The van der Waals surface area contributed by atoms with Gasteiger partial charge in [0.15, 0.2) is 11.0 Å². The van der Waals surface area contributed by atoms with Crippen molar-refractivity contribution >= 4 is 16.9 Å². The second kappa shape index (κ2) is 9.71. The first-order chi connectivity index (χ1) is 15.7. The van der Waals surface area contributed by atoms with Crippen molar-refractivity contribution in [1.82, 2.24) is 9.62 Å². The first-order valence-electron chi connectivity index (χ1n) is 10.5. The molecule has 11 heteroatoms. The van der Waals surface area contributed by atoms with Crippen LogP contribution in [0.1, 0.15) is 31.4 Å². The molecule has 1 heterocycles. The first kappa shape index (κ1) is 26.2. The molecule has 2 N–H and O–H groups in total. The Morgan fingerprint density at radius 3 is 2.47 bits per heavy atom. The molecule has 1 fully saturated rings. The van der Waals surface area contributed by atoms with Crippen molar-refractivity contribution < 1.29 is 36.1 Å². The number of carbonyl (C=O) groups excluding carboxylic acids is 1. The Hall–Kier alpha value is -2.37. The zero-order chi connectivity index (χ0) is 25.4. The number of aliphatic hydroxyl groups is 1. The summed E-state index contributed by atoms with van der Waals surface area (Å²) in [6, 6.07) is 6.40. The number of amides is 1. The SMILES string of the molecule is Cc1cc(F)cc(-c2cccc(CC3C(NS(=O)C(F)(F)F)CCN3C(=O)C(C)(C)O)c2F)c1. The number of aryl methyl sites for hydroxylation is 1. The third kappa shape index (κ3) is 5.81. The highest BCUT2D eigenvalue weighted by atomic mass is 32.2. The van der Waals surface area contributed by atoms with E-state index in [2.05, 4.69) is 0 Å². The number of carbonyl (C=O) groups is 1. The highest BCUT2D eigenvalue weighted by Crippen LogP contribution is 2.31. The van der Waals surface area contributed by atoms with Gasteiger partial charge in [-0.3, -0.25) is 4.79 Å². The minimum absolute atomic E-state index is 0.00931. The number of rotatable bonds is 6. The molecule has 1 aliphatic rings. The van der Waals surface area contributed by atoms with Crippen LogP contribution in [-0.2, 0) is 22.2 Å². The van der Waals surface area contributed by atoms with Crippen LogP contribution in [0.5, 0.6) is 0 Å². The Kier molecular flexibility index (Phi) is 7.49. The van der Waals surface area contributed by atoms with Gasteiger partial charge < -0.3 is 10.0 Å². The number of hydrogen-bond acceptors (Lipinski definition) is 3. The fourth-order valence-electron chi connectivity index (χ4n) is 4.13. The maximum atomic E-state index is 15.5. The Morgan fingerprint density at radius 2 is 1.88 bits per heavy atom. The standard InChI is InChI=1S/C23H25F5N2O3S/c1-13-9-15(11-16(24)10-13)17-6-4-5-14(20(17)25)12-19-18(29-34(33)23(26,27)28)7-8-30(19)21(31)22(2,3)32/h4-6,9-11,18-19,29,32H,7-8,12H2,1-3H3. The summed E-state index contributed by atoms with van der Waals surface area (Å²) in [5, 5.41) is 10.2. The number of halogens is 5. The molecule has 1 saturated heterocycles. The minimum atomic E-state index is -5.02. The van der Waals surface area contributed by atoms with Crippen molar-refractivity contribution in [2.75, 3.05) is 6.54 Å². The maximum absolute atomic E-state index is 15.5. The molecule has 3 unspecified atom stereocenters. The third-order valence-corrected chi connectivity index (χ3v) is 6.60. The van der Waals surface area contributed by atoms with E-state index >= 15 is 4.39 Å². The number of benzene rings is 2. The van der Waals surface area contributed by atoms with E-state index in [1.54, 1.807) is 13.0 Å². The average molecular weight is 505 g/mol. The topological polar surface area (TPSA) is 69.6 Å². The minimum Gasteiger partial charge on any atom is -0.381 e. The summed E-state index contributed by atoms with van der Waals surface area (Å²) in [5.41, 5.74) is -5.77. The van der Waals surface area contributed by atoms with Gasteiger partial charge in [0.25, 0.3) is 5.91 Å². The highest BCUT2D eigenvalue weighted by Gasteiger charge is 2.45. The van der Waals surface area contributed by atoms with Crippen LogP contribution in [-0.4, -0.2) is 49.9 Å². The molecule has 1 amide bonds. The average Bonchev–Trinajstić information content (AvgIpc) is 3.08. The van der Waals surface area contributed by atoms with Crippen molar-refractivity contribution in [3.63, 3.8) is 0 Å². The lowest BCUT2D eigenvalue weighted by molar-refractivity contribution is -0.148. The second-order valence-electron chi connectivity index (χ2n) is 8.85. The molecule has 34 heavy (non-hydrogen) atoms. The summed E-state index contributed by atoms with van der Waals surface area (Å²) >= 11 is 0. The molecular weight excluding hydrogens is 479 g/mol. The molecular formula is C23H25F5N2O3S. The molecule has 5 nitrogen and oxygen atoms in total. The van der Waals surface area contributed by atoms with Gasteiger partial charge in [-0.15, -0.1) is 0 Å². The van der Waals surface area contributed by atoms with E-state index in [0.717, 1.165) is 0 Å². The highest BCUT2D eigenvalue weighted by molar-refractivity contribution is 7.83. The lowest BCUT2D eigenvalue weighted by Gasteiger charge is -2.32. The van der Waals surface area contributed by atoms with Crippen LogP contribution >= 0.6 is 0 Å². The monoisotopic (exact) mass is 504 g/mol. The smallest absolute Gasteiger partial charge is 0.381 e. The van der Waals surface area contributed by atoms with Crippen molar-refractivity contribution in [3.05, 3.63) is 59.2 Å². The van der Waals surface area contributed by atoms with Crippen LogP contribution in [0.3, 0.4) is 0 Å². The van der Waals surface area contributed by atoms with Crippen LogP contribution in [0.15, 0.2) is 36.4 Å². The van der Waals surface area contributed by atoms with Gasteiger partial charge in [0.2, 0.25) is 0 Å². The summed E-state index contributed by atoms with van der Waals surface area (Å²) < 4.78 is 81.7.